The van der Waals surface area contributed by atoms with Gasteiger partial charge in [-0.3, -0.25) is 9.59 Å². The number of rotatable bonds is 4. The van der Waals surface area contributed by atoms with Crippen LogP contribution >= 0.6 is 11.8 Å². The Morgan fingerprint density at radius 2 is 2.44 bits per heavy atom. The third-order valence-electron chi connectivity index (χ3n) is 0.740. The number of carbonyl (C=O) groups excluding carboxylic acids is 1. The van der Waals surface area contributed by atoms with E-state index in [1.54, 1.807) is 6.29 Å². The topological polar surface area (TPSA) is 54.4 Å². The Hall–Kier alpha value is -0.510. The maximum absolute atomic E-state index is 10.1. The van der Waals surface area contributed by atoms with Crippen molar-refractivity contribution in [1.29, 1.82) is 0 Å². The number of thioether (sulfide) groups is 1. The molecule has 0 aromatic heterocycles. The van der Waals surface area contributed by atoms with Crippen molar-refractivity contribution in [2.24, 2.45) is 0 Å². The van der Waals surface area contributed by atoms with Gasteiger partial charge in [0.15, 0.2) is 0 Å². The van der Waals surface area contributed by atoms with Crippen LogP contribution in [0.3, 0.4) is 0 Å². The SMILES string of the molecule is CC(SC[C]=O)C(=O)O. The predicted octanol–water partition coefficient (Wildman–Crippen LogP) is 0.302. The summed E-state index contributed by atoms with van der Waals surface area (Å²) in [6, 6.07) is 0. The van der Waals surface area contributed by atoms with Gasteiger partial charge in [0.1, 0.15) is 0 Å². The summed E-state index contributed by atoms with van der Waals surface area (Å²) in [4.78, 5) is 19.6. The highest BCUT2D eigenvalue weighted by molar-refractivity contribution is 8.01. The number of aliphatic carboxylic acids is 1. The lowest BCUT2D eigenvalue weighted by Gasteiger charge is -1.99. The zero-order valence-electron chi connectivity index (χ0n) is 4.96. The van der Waals surface area contributed by atoms with Crippen molar-refractivity contribution >= 4 is 24.0 Å². The lowest BCUT2D eigenvalue weighted by molar-refractivity contribution is -0.136. The molecule has 0 rings (SSSR count). The summed E-state index contributed by atoms with van der Waals surface area (Å²) in [5.41, 5.74) is 0. The first-order valence-electron chi connectivity index (χ1n) is 2.38. The fraction of sp³-hybridized carbons (Fsp3) is 0.600. The molecule has 0 heterocycles. The minimum absolute atomic E-state index is 0.132. The van der Waals surface area contributed by atoms with Crippen LogP contribution in [0.15, 0.2) is 0 Å². The van der Waals surface area contributed by atoms with E-state index in [0.29, 0.717) is 0 Å². The summed E-state index contributed by atoms with van der Waals surface area (Å²) in [5, 5.41) is 7.75. The van der Waals surface area contributed by atoms with Gasteiger partial charge in [-0.1, -0.05) is 0 Å². The lowest BCUT2D eigenvalue weighted by atomic mass is 10.5. The van der Waals surface area contributed by atoms with Gasteiger partial charge in [0, 0.05) is 0 Å². The van der Waals surface area contributed by atoms with E-state index in [0.717, 1.165) is 11.8 Å². The van der Waals surface area contributed by atoms with E-state index in [4.69, 9.17) is 5.11 Å². The molecule has 0 aromatic carbocycles. The largest absolute Gasteiger partial charge is 0.480 e. The van der Waals surface area contributed by atoms with E-state index >= 15 is 0 Å². The Morgan fingerprint density at radius 1 is 1.89 bits per heavy atom. The van der Waals surface area contributed by atoms with Gasteiger partial charge in [-0.25, -0.2) is 0 Å². The molecule has 4 heteroatoms. The molecule has 0 saturated heterocycles. The summed E-state index contributed by atoms with van der Waals surface area (Å²) in [6.45, 7) is 1.53. The van der Waals surface area contributed by atoms with Gasteiger partial charge in [0.05, 0.1) is 11.0 Å². The minimum atomic E-state index is -0.893. The van der Waals surface area contributed by atoms with Crippen molar-refractivity contribution in [2.45, 2.75) is 12.2 Å². The molecular weight excluding hydrogens is 140 g/mol. The molecule has 9 heavy (non-hydrogen) atoms. The number of hydrogen-bond acceptors (Lipinski definition) is 3. The Morgan fingerprint density at radius 3 is 2.78 bits per heavy atom. The van der Waals surface area contributed by atoms with Crippen LogP contribution in [0.1, 0.15) is 6.92 Å². The summed E-state index contributed by atoms with van der Waals surface area (Å²) >= 11 is 1.06. The average Bonchev–Trinajstić information content (AvgIpc) is 1.82. The highest BCUT2D eigenvalue weighted by Crippen LogP contribution is 2.07. The van der Waals surface area contributed by atoms with Crippen LogP contribution in [0.5, 0.6) is 0 Å². The maximum Gasteiger partial charge on any atom is 0.316 e. The van der Waals surface area contributed by atoms with E-state index in [-0.39, 0.29) is 5.75 Å². The van der Waals surface area contributed by atoms with Gasteiger partial charge in [-0.05, 0) is 6.92 Å². The molecule has 1 unspecified atom stereocenters. The van der Waals surface area contributed by atoms with Crippen LogP contribution in [-0.2, 0) is 9.59 Å². The molecule has 0 amide bonds. The Kier molecular flexibility index (Phi) is 4.13. The summed E-state index contributed by atoms with van der Waals surface area (Å²) < 4.78 is 0. The number of carboxylic acids is 1. The third kappa shape index (κ3) is 4.02. The Bertz CT molecular complexity index is 113. The quantitative estimate of drug-likeness (QED) is 0.621. The van der Waals surface area contributed by atoms with Crippen molar-refractivity contribution in [3.63, 3.8) is 0 Å². The van der Waals surface area contributed by atoms with Gasteiger partial charge < -0.3 is 5.11 Å². The van der Waals surface area contributed by atoms with Gasteiger partial charge in [0.25, 0.3) is 0 Å². The molecule has 1 N–H and O–H groups in total. The standard InChI is InChI=1S/C5H7O3S/c1-4(5(7)8)9-3-2-6/h4H,3H2,1H3,(H,7,8). The molecule has 51 valence electrons. The second kappa shape index (κ2) is 4.38. The Labute approximate surface area is 57.4 Å². The highest BCUT2D eigenvalue weighted by Gasteiger charge is 2.09. The molecule has 0 fully saturated rings. The van der Waals surface area contributed by atoms with Crippen molar-refractivity contribution in [3.8, 4) is 0 Å². The molecule has 3 nitrogen and oxygen atoms in total. The van der Waals surface area contributed by atoms with Crippen LogP contribution in [0.2, 0.25) is 0 Å². The first-order valence-corrected chi connectivity index (χ1v) is 3.42. The predicted molar refractivity (Wildman–Crippen MR) is 35.2 cm³/mol. The molecule has 0 aromatic rings. The molecule has 0 spiro atoms. The van der Waals surface area contributed by atoms with E-state index in [2.05, 4.69) is 0 Å². The minimum Gasteiger partial charge on any atom is -0.480 e. The van der Waals surface area contributed by atoms with E-state index in [9.17, 15) is 9.59 Å². The molecule has 0 saturated carbocycles. The second-order valence-corrected chi connectivity index (χ2v) is 2.76. The fourth-order valence-electron chi connectivity index (χ4n) is 0.230. The summed E-state index contributed by atoms with van der Waals surface area (Å²) in [7, 11) is 0. The number of carboxylic acid groups (broad SMARTS) is 1. The average molecular weight is 147 g/mol. The molecule has 0 aliphatic heterocycles. The van der Waals surface area contributed by atoms with Crippen molar-refractivity contribution in [3.05, 3.63) is 0 Å². The van der Waals surface area contributed by atoms with Gasteiger partial charge in [-0.15, -0.1) is 11.8 Å². The van der Waals surface area contributed by atoms with Crippen LogP contribution in [-0.4, -0.2) is 28.4 Å². The molecule has 1 radical (unpaired) electrons. The first-order chi connectivity index (χ1) is 4.18. The van der Waals surface area contributed by atoms with E-state index < -0.39 is 11.2 Å². The Balaban J connectivity index is 3.37. The van der Waals surface area contributed by atoms with Crippen LogP contribution in [0.4, 0.5) is 0 Å². The molecule has 0 aliphatic rings. The highest BCUT2D eigenvalue weighted by atomic mass is 32.2. The van der Waals surface area contributed by atoms with Crippen LogP contribution < -0.4 is 0 Å². The van der Waals surface area contributed by atoms with Crippen LogP contribution in [0.25, 0.3) is 0 Å². The van der Waals surface area contributed by atoms with E-state index in [1.165, 1.54) is 6.92 Å². The van der Waals surface area contributed by atoms with Gasteiger partial charge in [-0.2, -0.15) is 0 Å². The van der Waals surface area contributed by atoms with Crippen molar-refractivity contribution in [2.75, 3.05) is 5.75 Å². The zero-order chi connectivity index (χ0) is 7.28. The van der Waals surface area contributed by atoms with Crippen LogP contribution in [0, 0.1) is 0 Å². The lowest BCUT2D eigenvalue weighted by Crippen LogP contribution is -2.12. The smallest absolute Gasteiger partial charge is 0.316 e. The third-order valence-corrected chi connectivity index (χ3v) is 1.73. The molecule has 1 atom stereocenters. The normalized spacial score (nSPS) is 12.6. The molecule has 0 aliphatic carbocycles. The molecular formula is C5H7O3S. The molecule has 0 bridgehead atoms. The first kappa shape index (κ1) is 8.49. The summed E-state index contributed by atoms with van der Waals surface area (Å²) in [6.07, 6.45) is 1.60. The van der Waals surface area contributed by atoms with Gasteiger partial charge in [0.2, 0.25) is 6.29 Å². The number of carbonyl (C=O) groups is 1. The fourth-order valence-corrected chi connectivity index (χ4v) is 0.691. The van der Waals surface area contributed by atoms with Crippen molar-refractivity contribution < 1.29 is 14.7 Å². The van der Waals surface area contributed by atoms with Crippen molar-refractivity contribution in [1.82, 2.24) is 0 Å². The second-order valence-electron chi connectivity index (χ2n) is 1.44. The number of hydrogen-bond donors (Lipinski definition) is 1. The van der Waals surface area contributed by atoms with E-state index in [1.807, 2.05) is 0 Å². The van der Waals surface area contributed by atoms with Gasteiger partial charge >= 0.3 is 5.97 Å². The monoisotopic (exact) mass is 147 g/mol. The zero-order valence-corrected chi connectivity index (χ0v) is 5.77. The summed E-state index contributed by atoms with van der Waals surface area (Å²) in [5.74, 6) is -0.761. The maximum atomic E-state index is 10.1.